The number of aryl methyl sites for hydroxylation is 8. The maximum atomic E-state index is 12.4. The summed E-state index contributed by atoms with van der Waals surface area (Å²) in [5, 5.41) is 71.6. The summed E-state index contributed by atoms with van der Waals surface area (Å²) in [5.74, 6) is -1.18. The molecule has 0 bridgehead atoms. The molecule has 33 nitrogen and oxygen atoms in total. The lowest BCUT2D eigenvalue weighted by atomic mass is 9.86. The van der Waals surface area contributed by atoms with E-state index >= 15 is 0 Å². The highest BCUT2D eigenvalue weighted by Gasteiger charge is 2.24. The predicted molar refractivity (Wildman–Crippen MR) is 393 cm³/mol. The number of oxazole rings is 3. The molecule has 7 aromatic carbocycles. The first-order chi connectivity index (χ1) is 49.4. The highest BCUT2D eigenvalue weighted by molar-refractivity contribution is 9.10. The smallest absolute Gasteiger partial charge is 0.433 e. The van der Waals surface area contributed by atoms with E-state index in [9.17, 15) is 44.7 Å². The lowest BCUT2D eigenvalue weighted by Gasteiger charge is -2.09. The number of aromatic nitrogens is 11. The molecule has 14 aromatic rings. The maximum Gasteiger partial charge on any atom is 0.507 e. The van der Waals surface area contributed by atoms with Crippen LogP contribution in [0.5, 0.6) is 0 Å². The van der Waals surface area contributed by atoms with E-state index in [0.717, 1.165) is 34.0 Å². The Morgan fingerprint density at radius 2 is 0.827 bits per heavy atom. The van der Waals surface area contributed by atoms with E-state index in [0.29, 0.717) is 88.6 Å². The number of carbonyl (C=O) groups is 3. The van der Waals surface area contributed by atoms with Gasteiger partial charge in [-0.1, -0.05) is 36.4 Å². The fraction of sp³-hybridized carbons (Fsp3) is 0.118. The minimum absolute atomic E-state index is 0.00648. The van der Waals surface area contributed by atoms with Crippen molar-refractivity contribution in [1.82, 2.24) is 54.1 Å². The monoisotopic (exact) mass is 1490 g/mol. The van der Waals surface area contributed by atoms with Crippen molar-refractivity contribution in [3.8, 4) is 33.8 Å². The molecule has 0 radical (unpaired) electrons. The largest absolute Gasteiger partial charge is 0.507 e. The minimum Gasteiger partial charge on any atom is -0.433 e. The number of carbonyl (C=O) groups excluding carboxylic acids is 3. The SMILES string of the molecule is Cc1cc(-c2ccc(N)cc2[N+](=O)[O-])n(C)n1.Cc1cc(-c2ccc(NC(=O)c3nc4ccccc4o3)cc2N)n(C)n1.Cc1cc(-c2ccc(NC(=O)c3nc4ccccc4o3)cc2[N+](=O)[O-])n(C)n1.Cc1cc(B(O)O)n(C)n1.Nc1ccc(Br)c([N+](=O)[O-])c1.O=C(Cl)c1nc2ccccc2o1. The summed E-state index contributed by atoms with van der Waals surface area (Å²) in [4.78, 5) is 79.0. The Morgan fingerprint density at radius 1 is 0.471 bits per heavy atom. The molecule has 2 amide bonds. The number of hydrogen-bond donors (Lipinski definition) is 7. The molecule has 0 aliphatic rings. The summed E-state index contributed by atoms with van der Waals surface area (Å²) in [7, 11) is 5.58. The number of nitrogen functional groups attached to an aromatic ring is 3. The highest BCUT2D eigenvalue weighted by Crippen LogP contribution is 2.35. The molecule has 0 aliphatic heterocycles. The third-order valence-electron chi connectivity index (χ3n) is 14.7. The van der Waals surface area contributed by atoms with E-state index in [4.69, 9.17) is 52.1 Å². The molecule has 0 spiro atoms. The van der Waals surface area contributed by atoms with Crippen LogP contribution in [0, 0.1) is 58.0 Å². The van der Waals surface area contributed by atoms with Crippen LogP contribution in [-0.4, -0.2) is 103 Å². The number of hydrogen-bond acceptors (Lipinski definition) is 24. The Labute approximate surface area is 602 Å². The molecule has 0 fully saturated rings. The first kappa shape index (κ1) is 75.0. The van der Waals surface area contributed by atoms with Gasteiger partial charge in [0, 0.05) is 80.4 Å². The predicted octanol–water partition coefficient (Wildman–Crippen LogP) is 11.5. The van der Waals surface area contributed by atoms with Crippen LogP contribution in [0.25, 0.3) is 67.1 Å². The first-order valence-electron chi connectivity index (χ1n) is 30.6. The number of anilines is 5. The van der Waals surface area contributed by atoms with Crippen LogP contribution in [0.4, 0.5) is 45.5 Å². The van der Waals surface area contributed by atoms with E-state index in [1.807, 2.05) is 58.2 Å². The van der Waals surface area contributed by atoms with Crippen LogP contribution in [-0.2, 0) is 28.2 Å². The number of fused-ring (bicyclic) bond motifs is 3. The molecule has 0 unspecified atom stereocenters. The average molecular weight is 1500 g/mol. The number of benzene rings is 7. The van der Waals surface area contributed by atoms with E-state index in [1.165, 1.54) is 22.9 Å². The summed E-state index contributed by atoms with van der Waals surface area (Å²) in [5.41, 5.74) is 30.2. The van der Waals surface area contributed by atoms with Crippen LogP contribution >= 0.6 is 27.5 Å². The molecule has 14 rings (SSSR count). The van der Waals surface area contributed by atoms with Crippen LogP contribution in [0.3, 0.4) is 0 Å². The molecular formula is C68H62BBrClN19O14. The number of para-hydroxylation sites is 6. The van der Waals surface area contributed by atoms with E-state index < -0.39 is 38.9 Å². The van der Waals surface area contributed by atoms with Crippen molar-refractivity contribution in [3.63, 3.8) is 0 Å². The van der Waals surface area contributed by atoms with Crippen molar-refractivity contribution in [2.75, 3.05) is 27.8 Å². The number of nitro groups is 3. The topological polar surface area (TPSA) is 473 Å². The Kier molecular flexibility index (Phi) is 23.7. The molecule has 0 aliphatic carbocycles. The molecular weight excluding hydrogens is 1430 g/mol. The van der Waals surface area contributed by atoms with Crippen molar-refractivity contribution >= 4 is 136 Å². The normalized spacial score (nSPS) is 10.6. The van der Waals surface area contributed by atoms with Crippen molar-refractivity contribution in [2.45, 2.75) is 27.7 Å². The Bertz CT molecular complexity index is 5450. The average Bonchev–Trinajstić information content (AvgIpc) is 1.53. The molecule has 0 atom stereocenters. The Balaban J connectivity index is 0.000000151. The van der Waals surface area contributed by atoms with Gasteiger partial charge in [-0.25, -0.2) is 15.0 Å². The van der Waals surface area contributed by atoms with Gasteiger partial charge in [-0.05, 0) is 170 Å². The summed E-state index contributed by atoms with van der Waals surface area (Å²) >= 11 is 8.21. The van der Waals surface area contributed by atoms with E-state index in [1.54, 1.807) is 163 Å². The van der Waals surface area contributed by atoms with Gasteiger partial charge >= 0.3 is 24.2 Å². The number of rotatable bonds is 12. The molecule has 7 heterocycles. The lowest BCUT2D eigenvalue weighted by molar-refractivity contribution is -0.385. The summed E-state index contributed by atoms with van der Waals surface area (Å²) in [6.07, 6.45) is 0. The van der Waals surface area contributed by atoms with Gasteiger partial charge in [-0.15, -0.1) is 0 Å². The van der Waals surface area contributed by atoms with Crippen molar-refractivity contribution in [3.05, 3.63) is 245 Å². The van der Waals surface area contributed by atoms with E-state index in [2.05, 4.69) is 61.9 Å². The van der Waals surface area contributed by atoms with Crippen molar-refractivity contribution in [2.24, 2.45) is 28.2 Å². The van der Waals surface area contributed by atoms with Crippen LogP contribution in [0.15, 0.2) is 188 Å². The molecule has 0 saturated heterocycles. The van der Waals surface area contributed by atoms with Gasteiger partial charge in [0.2, 0.25) is 0 Å². The molecule has 10 N–H and O–H groups in total. The molecule has 104 heavy (non-hydrogen) atoms. The number of nitrogens with one attached hydrogen (secondary N) is 2. The molecule has 36 heteroatoms. The number of nitrogens with zero attached hydrogens (tertiary/aromatic N) is 14. The van der Waals surface area contributed by atoms with Gasteiger partial charge in [0.05, 0.1) is 75.8 Å². The number of nitro benzene ring substituents is 3. The maximum absolute atomic E-state index is 12.4. The zero-order chi connectivity index (χ0) is 75.4. The fourth-order valence-electron chi connectivity index (χ4n) is 10.2. The zero-order valence-corrected chi connectivity index (χ0v) is 58.6. The quantitative estimate of drug-likeness (QED) is 0.0196. The number of amides is 2. The molecule has 530 valence electrons. The lowest BCUT2D eigenvalue weighted by Crippen LogP contribution is -2.35. The van der Waals surface area contributed by atoms with E-state index in [-0.39, 0.29) is 40.4 Å². The Morgan fingerprint density at radius 3 is 1.19 bits per heavy atom. The molecule has 7 aromatic heterocycles. The minimum atomic E-state index is -1.42. The standard InChI is InChI=1S/C19H15N5O4.C19H17N5O2.C11H12N4O2.C8H4ClNO2.C6H5BrN2O2.C5H9BN2O2/c1-11-9-15(23(2)22-11)13-8-7-12(10-16(13)24(26)27)20-18(25)19-21-14-5-3-4-6-17(14)28-19;1-11-9-16(24(2)23-11)13-8-7-12(10-14(13)20)21-18(25)19-22-15-5-3-4-6-17(15)26-19;1-7-5-10(14(2)13-7)9-4-3-8(12)6-11(9)15(16)17;9-7(11)8-10-5-3-1-2-4-6(5)12-8;7-5-2-1-4(8)3-6(5)9(10)11;1-4-3-5(6(9)10)8(2)7-4/h3-10H,1-2H3,(H,20,25);3-10H,20H2,1-2H3,(H,21,25);3-6H,12H2,1-2H3;1-4H;1-3H,8H2;3,9-10H,1-2H3. The third-order valence-corrected chi connectivity index (χ3v) is 15.6. The second-order valence-electron chi connectivity index (χ2n) is 22.5. The van der Waals surface area contributed by atoms with Crippen LogP contribution in [0.1, 0.15) is 54.8 Å². The second kappa shape index (κ2) is 32.8. The summed E-state index contributed by atoms with van der Waals surface area (Å²) in [6, 6.07) is 47.4. The number of nitrogens with two attached hydrogens (primary N) is 3. The van der Waals surface area contributed by atoms with Gasteiger partial charge in [-0.3, -0.25) is 63.5 Å². The second-order valence-corrected chi connectivity index (χ2v) is 23.7. The first-order valence-corrected chi connectivity index (χ1v) is 31.8. The van der Waals surface area contributed by atoms with Crippen molar-refractivity contribution in [1.29, 1.82) is 0 Å². The summed E-state index contributed by atoms with van der Waals surface area (Å²) in [6.45, 7) is 7.37. The fourth-order valence-corrected chi connectivity index (χ4v) is 10.6. The molecule has 0 saturated carbocycles. The van der Waals surface area contributed by atoms with Crippen LogP contribution < -0.4 is 33.4 Å². The van der Waals surface area contributed by atoms with Gasteiger partial charge in [0.15, 0.2) is 16.7 Å². The number of halogens is 2. The van der Waals surface area contributed by atoms with Gasteiger partial charge < -0.3 is 51.1 Å². The van der Waals surface area contributed by atoms with Crippen LogP contribution in [0.2, 0.25) is 0 Å². The summed E-state index contributed by atoms with van der Waals surface area (Å²) < 4.78 is 22.8. The zero-order valence-electron chi connectivity index (χ0n) is 56.3. The Hall–Kier alpha value is -13.2. The van der Waals surface area contributed by atoms with Crippen molar-refractivity contribution < 1.29 is 52.5 Å². The third kappa shape index (κ3) is 18.6. The van der Waals surface area contributed by atoms with Gasteiger partial charge in [-0.2, -0.15) is 20.4 Å². The van der Waals surface area contributed by atoms with Gasteiger partial charge in [0.25, 0.3) is 34.7 Å². The highest BCUT2D eigenvalue weighted by atomic mass is 79.9. The van der Waals surface area contributed by atoms with Gasteiger partial charge in [0.1, 0.15) is 16.6 Å².